The van der Waals surface area contributed by atoms with Crippen molar-refractivity contribution in [1.82, 2.24) is 5.32 Å². The van der Waals surface area contributed by atoms with Crippen LogP contribution in [0.3, 0.4) is 0 Å². The van der Waals surface area contributed by atoms with E-state index in [0.29, 0.717) is 18.8 Å². The lowest BCUT2D eigenvalue weighted by Gasteiger charge is -2.21. The maximum Gasteiger partial charge on any atom is 0.251 e. The van der Waals surface area contributed by atoms with E-state index in [2.05, 4.69) is 5.32 Å². The molecule has 21 heavy (non-hydrogen) atoms. The molecule has 0 fully saturated rings. The first kappa shape index (κ1) is 13.5. The molecule has 0 saturated carbocycles. The van der Waals surface area contributed by atoms with Gasteiger partial charge in [-0.1, -0.05) is 24.3 Å². The Balaban J connectivity index is 1.73. The first-order valence-corrected chi connectivity index (χ1v) is 6.99. The number of ether oxygens (including phenoxy) is 2. The van der Waals surface area contributed by atoms with Crippen molar-refractivity contribution in [3.63, 3.8) is 0 Å². The third kappa shape index (κ3) is 2.99. The van der Waals surface area contributed by atoms with E-state index in [0.717, 1.165) is 17.1 Å². The van der Waals surface area contributed by atoms with Gasteiger partial charge in [-0.15, -0.1) is 0 Å². The molecule has 0 saturated heterocycles. The van der Waals surface area contributed by atoms with Crippen molar-refractivity contribution in [1.29, 1.82) is 0 Å². The number of hydrogen-bond acceptors (Lipinski definition) is 3. The standard InChI is InChI=1S/C17H17NO3/c1-12(18-17(19)13-5-3-2-4-6-13)14-7-8-15-16(11-14)21-10-9-20-15/h2-8,11-12H,9-10H2,1H3,(H,18,19)/t12-/m1/s1. The van der Waals surface area contributed by atoms with E-state index in [9.17, 15) is 4.79 Å². The van der Waals surface area contributed by atoms with E-state index in [1.54, 1.807) is 12.1 Å². The Morgan fingerprint density at radius 2 is 1.76 bits per heavy atom. The number of fused-ring (bicyclic) bond motifs is 1. The summed E-state index contributed by atoms with van der Waals surface area (Å²) < 4.78 is 11.1. The van der Waals surface area contributed by atoms with Gasteiger partial charge in [0.05, 0.1) is 6.04 Å². The van der Waals surface area contributed by atoms with Crippen LogP contribution in [0, 0.1) is 0 Å². The second-order valence-corrected chi connectivity index (χ2v) is 4.96. The third-order valence-electron chi connectivity index (χ3n) is 3.45. The van der Waals surface area contributed by atoms with Gasteiger partial charge < -0.3 is 14.8 Å². The molecule has 0 aromatic heterocycles. The summed E-state index contributed by atoms with van der Waals surface area (Å²) in [6, 6.07) is 14.8. The van der Waals surface area contributed by atoms with Gasteiger partial charge in [-0.2, -0.15) is 0 Å². The fraction of sp³-hybridized carbons (Fsp3) is 0.235. The molecular weight excluding hydrogens is 266 g/mol. The number of nitrogens with one attached hydrogen (secondary N) is 1. The molecule has 0 bridgehead atoms. The molecule has 1 aliphatic heterocycles. The number of hydrogen-bond donors (Lipinski definition) is 1. The van der Waals surface area contributed by atoms with Crippen molar-refractivity contribution in [2.75, 3.05) is 13.2 Å². The summed E-state index contributed by atoms with van der Waals surface area (Å²) in [5.41, 5.74) is 1.64. The first-order valence-electron chi connectivity index (χ1n) is 6.99. The predicted octanol–water partition coefficient (Wildman–Crippen LogP) is 2.95. The van der Waals surface area contributed by atoms with Crippen molar-refractivity contribution >= 4 is 5.91 Å². The van der Waals surface area contributed by atoms with Crippen molar-refractivity contribution in [3.8, 4) is 11.5 Å². The van der Waals surface area contributed by atoms with E-state index in [4.69, 9.17) is 9.47 Å². The van der Waals surface area contributed by atoms with Gasteiger partial charge >= 0.3 is 0 Å². The van der Waals surface area contributed by atoms with Gasteiger partial charge in [0.1, 0.15) is 13.2 Å². The van der Waals surface area contributed by atoms with Gasteiger partial charge in [0, 0.05) is 5.56 Å². The van der Waals surface area contributed by atoms with Crippen LogP contribution >= 0.6 is 0 Å². The largest absolute Gasteiger partial charge is 0.486 e. The molecule has 1 N–H and O–H groups in total. The fourth-order valence-electron chi connectivity index (χ4n) is 2.28. The van der Waals surface area contributed by atoms with Gasteiger partial charge in [0.15, 0.2) is 11.5 Å². The second-order valence-electron chi connectivity index (χ2n) is 4.96. The topological polar surface area (TPSA) is 47.6 Å². The van der Waals surface area contributed by atoms with E-state index in [1.165, 1.54) is 0 Å². The summed E-state index contributed by atoms with van der Waals surface area (Å²) in [4.78, 5) is 12.2. The summed E-state index contributed by atoms with van der Waals surface area (Å²) in [5.74, 6) is 1.41. The molecule has 1 atom stereocenters. The van der Waals surface area contributed by atoms with Crippen LogP contribution in [-0.2, 0) is 0 Å². The summed E-state index contributed by atoms with van der Waals surface area (Å²) in [6.07, 6.45) is 0. The highest BCUT2D eigenvalue weighted by atomic mass is 16.6. The quantitative estimate of drug-likeness (QED) is 0.942. The minimum absolute atomic E-state index is 0.0852. The van der Waals surface area contributed by atoms with Crippen LogP contribution in [0.4, 0.5) is 0 Å². The third-order valence-corrected chi connectivity index (χ3v) is 3.45. The van der Waals surface area contributed by atoms with Gasteiger partial charge in [0.2, 0.25) is 0 Å². The lowest BCUT2D eigenvalue weighted by Crippen LogP contribution is -2.26. The van der Waals surface area contributed by atoms with Crippen LogP contribution in [0.1, 0.15) is 28.9 Å². The highest BCUT2D eigenvalue weighted by molar-refractivity contribution is 5.94. The van der Waals surface area contributed by atoms with Crippen molar-refractivity contribution in [3.05, 3.63) is 59.7 Å². The normalized spacial score (nSPS) is 14.3. The Hall–Kier alpha value is -2.49. The van der Waals surface area contributed by atoms with Crippen LogP contribution in [-0.4, -0.2) is 19.1 Å². The lowest BCUT2D eigenvalue weighted by atomic mass is 10.1. The summed E-state index contributed by atoms with van der Waals surface area (Å²) in [5, 5.41) is 2.98. The first-order chi connectivity index (χ1) is 10.2. The lowest BCUT2D eigenvalue weighted by molar-refractivity contribution is 0.0939. The minimum atomic E-state index is -0.103. The molecule has 1 aliphatic rings. The molecule has 2 aromatic carbocycles. The molecule has 4 heteroatoms. The maximum absolute atomic E-state index is 12.2. The van der Waals surface area contributed by atoms with Crippen LogP contribution in [0.5, 0.6) is 11.5 Å². The van der Waals surface area contributed by atoms with E-state index in [-0.39, 0.29) is 11.9 Å². The number of carbonyl (C=O) groups excluding carboxylic acids is 1. The molecule has 2 aromatic rings. The number of amides is 1. The zero-order valence-corrected chi connectivity index (χ0v) is 11.8. The van der Waals surface area contributed by atoms with Gasteiger partial charge in [-0.3, -0.25) is 4.79 Å². The Labute approximate surface area is 123 Å². The van der Waals surface area contributed by atoms with E-state index < -0.39 is 0 Å². The van der Waals surface area contributed by atoms with E-state index in [1.807, 2.05) is 43.3 Å². The van der Waals surface area contributed by atoms with E-state index >= 15 is 0 Å². The summed E-state index contributed by atoms with van der Waals surface area (Å²) >= 11 is 0. The highest BCUT2D eigenvalue weighted by Gasteiger charge is 2.16. The molecule has 3 rings (SSSR count). The van der Waals surface area contributed by atoms with Crippen molar-refractivity contribution < 1.29 is 14.3 Å². The Bertz CT molecular complexity index is 640. The number of benzene rings is 2. The van der Waals surface area contributed by atoms with Gasteiger partial charge in [0.25, 0.3) is 5.91 Å². The Morgan fingerprint density at radius 1 is 1.05 bits per heavy atom. The SMILES string of the molecule is C[C@@H](NC(=O)c1ccccc1)c1ccc2c(c1)OCCO2. The minimum Gasteiger partial charge on any atom is -0.486 e. The van der Waals surface area contributed by atoms with Crippen LogP contribution in [0.2, 0.25) is 0 Å². The summed E-state index contributed by atoms with van der Waals surface area (Å²) in [6.45, 7) is 3.08. The highest BCUT2D eigenvalue weighted by Crippen LogP contribution is 2.32. The second kappa shape index (κ2) is 5.87. The monoisotopic (exact) mass is 283 g/mol. The van der Waals surface area contributed by atoms with Crippen LogP contribution in [0.15, 0.2) is 48.5 Å². The predicted molar refractivity (Wildman–Crippen MR) is 79.8 cm³/mol. The average molecular weight is 283 g/mol. The molecule has 0 unspecified atom stereocenters. The number of rotatable bonds is 3. The fourth-order valence-corrected chi connectivity index (χ4v) is 2.28. The average Bonchev–Trinajstić information content (AvgIpc) is 2.55. The molecule has 1 amide bonds. The number of carbonyl (C=O) groups is 1. The maximum atomic E-state index is 12.2. The molecule has 1 heterocycles. The molecule has 0 radical (unpaired) electrons. The molecule has 108 valence electrons. The van der Waals surface area contributed by atoms with Crippen LogP contribution in [0.25, 0.3) is 0 Å². The molecule has 0 aliphatic carbocycles. The Morgan fingerprint density at radius 3 is 2.52 bits per heavy atom. The zero-order valence-electron chi connectivity index (χ0n) is 11.8. The molecule has 0 spiro atoms. The van der Waals surface area contributed by atoms with Crippen molar-refractivity contribution in [2.45, 2.75) is 13.0 Å². The molecular formula is C17H17NO3. The van der Waals surface area contributed by atoms with Gasteiger partial charge in [-0.25, -0.2) is 0 Å². The van der Waals surface area contributed by atoms with Crippen molar-refractivity contribution in [2.24, 2.45) is 0 Å². The van der Waals surface area contributed by atoms with Gasteiger partial charge in [-0.05, 0) is 36.8 Å². The smallest absolute Gasteiger partial charge is 0.251 e. The summed E-state index contributed by atoms with van der Waals surface area (Å²) in [7, 11) is 0. The zero-order chi connectivity index (χ0) is 14.7. The van der Waals surface area contributed by atoms with Crippen LogP contribution < -0.4 is 14.8 Å². The molecule has 4 nitrogen and oxygen atoms in total. The Kier molecular flexibility index (Phi) is 3.77.